The molecule has 0 saturated carbocycles. The standard InChI is InChI=1S/C12H13FN4/c1-7-4-5-15-9(6-7)11-16-8(2)10(13)12(14-3)17-11/h4-6H,1-3H3,(H,14,16,17). The molecule has 0 amide bonds. The molecular formula is C12H13FN4. The Morgan fingerprint density at radius 1 is 1.24 bits per heavy atom. The highest BCUT2D eigenvalue weighted by molar-refractivity contribution is 5.54. The summed E-state index contributed by atoms with van der Waals surface area (Å²) in [5, 5.41) is 2.71. The molecule has 0 aliphatic carbocycles. The Balaban J connectivity index is 2.56. The van der Waals surface area contributed by atoms with Crippen molar-refractivity contribution >= 4 is 5.82 Å². The highest BCUT2D eigenvalue weighted by Crippen LogP contribution is 2.19. The molecule has 0 aromatic carbocycles. The van der Waals surface area contributed by atoms with Crippen LogP contribution in [0.25, 0.3) is 11.5 Å². The number of aryl methyl sites for hydroxylation is 2. The van der Waals surface area contributed by atoms with Gasteiger partial charge in [0.2, 0.25) is 0 Å². The molecule has 88 valence electrons. The topological polar surface area (TPSA) is 50.7 Å². The summed E-state index contributed by atoms with van der Waals surface area (Å²) in [7, 11) is 1.62. The number of anilines is 1. The van der Waals surface area contributed by atoms with Gasteiger partial charge in [-0.15, -0.1) is 0 Å². The lowest BCUT2D eigenvalue weighted by molar-refractivity contribution is 0.607. The minimum Gasteiger partial charge on any atom is -0.371 e. The molecule has 0 aliphatic rings. The third-order valence-electron chi connectivity index (χ3n) is 2.40. The fourth-order valence-corrected chi connectivity index (χ4v) is 1.50. The van der Waals surface area contributed by atoms with Crippen LogP contribution in [-0.2, 0) is 0 Å². The first-order valence-corrected chi connectivity index (χ1v) is 5.26. The zero-order valence-electron chi connectivity index (χ0n) is 9.95. The lowest BCUT2D eigenvalue weighted by Crippen LogP contribution is -2.04. The van der Waals surface area contributed by atoms with Gasteiger partial charge in [0.05, 0.1) is 5.69 Å². The van der Waals surface area contributed by atoms with Gasteiger partial charge in [-0.2, -0.15) is 0 Å². The van der Waals surface area contributed by atoms with Crippen molar-refractivity contribution in [1.82, 2.24) is 15.0 Å². The Morgan fingerprint density at radius 3 is 2.65 bits per heavy atom. The van der Waals surface area contributed by atoms with Crippen LogP contribution in [0.4, 0.5) is 10.2 Å². The molecule has 0 saturated heterocycles. The number of nitrogens with one attached hydrogen (secondary N) is 1. The van der Waals surface area contributed by atoms with E-state index in [1.165, 1.54) is 0 Å². The summed E-state index contributed by atoms with van der Waals surface area (Å²) in [5.74, 6) is 0.191. The van der Waals surface area contributed by atoms with E-state index >= 15 is 0 Å². The third kappa shape index (κ3) is 2.22. The summed E-state index contributed by atoms with van der Waals surface area (Å²) in [4.78, 5) is 12.4. The Hall–Kier alpha value is -2.04. The maximum Gasteiger partial charge on any atom is 0.186 e. The van der Waals surface area contributed by atoms with Crippen LogP contribution in [0, 0.1) is 19.7 Å². The van der Waals surface area contributed by atoms with E-state index in [2.05, 4.69) is 20.3 Å². The van der Waals surface area contributed by atoms with Crippen LogP contribution in [0.2, 0.25) is 0 Å². The summed E-state index contributed by atoms with van der Waals surface area (Å²) in [5.41, 5.74) is 2.01. The van der Waals surface area contributed by atoms with E-state index in [4.69, 9.17) is 0 Å². The van der Waals surface area contributed by atoms with Crippen LogP contribution in [0.3, 0.4) is 0 Å². The molecule has 2 rings (SSSR count). The summed E-state index contributed by atoms with van der Waals surface area (Å²) >= 11 is 0. The van der Waals surface area contributed by atoms with Gasteiger partial charge in [-0.05, 0) is 31.5 Å². The number of pyridine rings is 1. The average molecular weight is 232 g/mol. The molecule has 4 nitrogen and oxygen atoms in total. The molecule has 0 radical (unpaired) electrons. The first-order valence-electron chi connectivity index (χ1n) is 5.26. The van der Waals surface area contributed by atoms with Gasteiger partial charge in [0.15, 0.2) is 17.5 Å². The van der Waals surface area contributed by atoms with Crippen molar-refractivity contribution in [3.63, 3.8) is 0 Å². The van der Waals surface area contributed by atoms with Crippen molar-refractivity contribution in [2.45, 2.75) is 13.8 Å². The number of rotatable bonds is 2. The Morgan fingerprint density at radius 2 is 2.00 bits per heavy atom. The van der Waals surface area contributed by atoms with Crippen molar-refractivity contribution in [1.29, 1.82) is 0 Å². The van der Waals surface area contributed by atoms with E-state index in [1.807, 2.05) is 19.1 Å². The smallest absolute Gasteiger partial charge is 0.186 e. The quantitative estimate of drug-likeness (QED) is 0.863. The molecule has 0 bridgehead atoms. The number of hydrogen-bond acceptors (Lipinski definition) is 4. The highest BCUT2D eigenvalue weighted by Gasteiger charge is 2.12. The van der Waals surface area contributed by atoms with E-state index in [-0.39, 0.29) is 5.82 Å². The van der Waals surface area contributed by atoms with Gasteiger partial charge in [0.1, 0.15) is 5.69 Å². The van der Waals surface area contributed by atoms with Gasteiger partial charge < -0.3 is 5.32 Å². The molecule has 0 spiro atoms. The van der Waals surface area contributed by atoms with Gasteiger partial charge in [-0.1, -0.05) is 0 Å². The lowest BCUT2D eigenvalue weighted by Gasteiger charge is -2.07. The third-order valence-corrected chi connectivity index (χ3v) is 2.40. The van der Waals surface area contributed by atoms with Gasteiger partial charge in [-0.25, -0.2) is 14.4 Å². The van der Waals surface area contributed by atoms with E-state index in [9.17, 15) is 4.39 Å². The Bertz CT molecular complexity index is 554. The second kappa shape index (κ2) is 4.45. The summed E-state index contributed by atoms with van der Waals surface area (Å²) in [6.45, 7) is 3.57. The second-order valence-electron chi connectivity index (χ2n) is 3.76. The lowest BCUT2D eigenvalue weighted by atomic mass is 10.2. The van der Waals surface area contributed by atoms with E-state index in [1.54, 1.807) is 20.2 Å². The Kier molecular flexibility index (Phi) is 2.99. The van der Waals surface area contributed by atoms with Crippen molar-refractivity contribution in [3.8, 4) is 11.5 Å². The van der Waals surface area contributed by atoms with Crippen LogP contribution in [0.15, 0.2) is 18.3 Å². The normalized spacial score (nSPS) is 10.4. The molecule has 0 fully saturated rings. The molecule has 2 aromatic rings. The number of nitrogens with zero attached hydrogens (tertiary/aromatic N) is 3. The molecule has 1 N–H and O–H groups in total. The van der Waals surface area contributed by atoms with E-state index < -0.39 is 5.82 Å². The summed E-state index contributed by atoms with van der Waals surface area (Å²) < 4.78 is 13.6. The predicted octanol–water partition coefficient (Wildman–Crippen LogP) is 2.34. The largest absolute Gasteiger partial charge is 0.371 e. The number of hydrogen-bond donors (Lipinski definition) is 1. The molecular weight excluding hydrogens is 219 g/mol. The molecule has 5 heteroatoms. The van der Waals surface area contributed by atoms with E-state index in [0.29, 0.717) is 17.2 Å². The average Bonchev–Trinajstić information content (AvgIpc) is 2.32. The SMILES string of the molecule is CNc1nc(-c2cc(C)ccn2)nc(C)c1F. The molecule has 2 heterocycles. The van der Waals surface area contributed by atoms with Crippen LogP contribution in [-0.4, -0.2) is 22.0 Å². The maximum atomic E-state index is 13.6. The first kappa shape index (κ1) is 11.4. The molecule has 0 unspecified atom stereocenters. The summed E-state index contributed by atoms with van der Waals surface area (Å²) in [6.07, 6.45) is 1.69. The zero-order valence-corrected chi connectivity index (χ0v) is 9.95. The van der Waals surface area contributed by atoms with Gasteiger partial charge in [-0.3, -0.25) is 4.98 Å². The van der Waals surface area contributed by atoms with Crippen LogP contribution in [0.1, 0.15) is 11.3 Å². The number of aromatic nitrogens is 3. The van der Waals surface area contributed by atoms with Gasteiger partial charge in [0.25, 0.3) is 0 Å². The van der Waals surface area contributed by atoms with E-state index in [0.717, 1.165) is 5.56 Å². The summed E-state index contributed by atoms with van der Waals surface area (Å²) in [6, 6.07) is 3.75. The zero-order chi connectivity index (χ0) is 12.4. The van der Waals surface area contributed by atoms with Crippen LogP contribution < -0.4 is 5.32 Å². The van der Waals surface area contributed by atoms with Gasteiger partial charge in [0, 0.05) is 13.2 Å². The fourth-order valence-electron chi connectivity index (χ4n) is 1.50. The minimum absolute atomic E-state index is 0.191. The Labute approximate surface area is 99.0 Å². The molecule has 17 heavy (non-hydrogen) atoms. The first-order chi connectivity index (χ1) is 8.11. The minimum atomic E-state index is -0.427. The highest BCUT2D eigenvalue weighted by atomic mass is 19.1. The second-order valence-corrected chi connectivity index (χ2v) is 3.76. The number of halogens is 1. The monoisotopic (exact) mass is 232 g/mol. The van der Waals surface area contributed by atoms with Crippen molar-refractivity contribution < 1.29 is 4.39 Å². The molecule has 0 atom stereocenters. The molecule has 0 aliphatic heterocycles. The van der Waals surface area contributed by atoms with Crippen LogP contribution in [0.5, 0.6) is 0 Å². The fraction of sp³-hybridized carbons (Fsp3) is 0.250. The van der Waals surface area contributed by atoms with Crippen molar-refractivity contribution in [3.05, 3.63) is 35.4 Å². The molecule has 2 aromatic heterocycles. The maximum absolute atomic E-state index is 13.6. The predicted molar refractivity (Wildman–Crippen MR) is 64.2 cm³/mol. The van der Waals surface area contributed by atoms with Crippen molar-refractivity contribution in [2.75, 3.05) is 12.4 Å². The van der Waals surface area contributed by atoms with Gasteiger partial charge >= 0.3 is 0 Å². The van der Waals surface area contributed by atoms with Crippen molar-refractivity contribution in [2.24, 2.45) is 0 Å². The van der Waals surface area contributed by atoms with Crippen LogP contribution >= 0.6 is 0 Å².